The van der Waals surface area contributed by atoms with Crippen molar-refractivity contribution in [1.82, 2.24) is 10.6 Å². The van der Waals surface area contributed by atoms with Gasteiger partial charge in [0.05, 0.1) is 13.7 Å². The van der Waals surface area contributed by atoms with Crippen molar-refractivity contribution in [3.63, 3.8) is 0 Å². The highest BCUT2D eigenvalue weighted by atomic mass is 19.1. The lowest BCUT2D eigenvalue weighted by Crippen LogP contribution is -2.30. The van der Waals surface area contributed by atoms with Crippen LogP contribution in [0.3, 0.4) is 0 Å². The molecule has 112 valence electrons. The van der Waals surface area contributed by atoms with E-state index in [2.05, 4.69) is 10.6 Å². The highest BCUT2D eigenvalue weighted by Gasteiger charge is 2.07. The van der Waals surface area contributed by atoms with Crippen LogP contribution in [0.1, 0.15) is 12.0 Å². The molecule has 0 unspecified atom stereocenters. The predicted molar refractivity (Wildman–Crippen MR) is 74.2 cm³/mol. The Kier molecular flexibility index (Phi) is 7.60. The summed E-state index contributed by atoms with van der Waals surface area (Å²) in [7, 11) is 3.01. The van der Waals surface area contributed by atoms with Crippen LogP contribution in [0.4, 0.5) is 4.39 Å². The molecule has 1 amide bonds. The highest BCUT2D eigenvalue weighted by molar-refractivity contribution is 5.76. The van der Waals surface area contributed by atoms with Gasteiger partial charge in [-0.3, -0.25) is 4.79 Å². The molecule has 0 aliphatic rings. The Hall–Kier alpha value is -1.66. The predicted octanol–water partition coefficient (Wildman–Crippen LogP) is 1.08. The largest absolute Gasteiger partial charge is 0.494 e. The SMILES string of the molecule is COCCNC(=O)CCNCc1cccc(OC)c1F. The van der Waals surface area contributed by atoms with Gasteiger partial charge in [-0.2, -0.15) is 0 Å². The van der Waals surface area contributed by atoms with E-state index in [9.17, 15) is 9.18 Å². The standard InChI is InChI=1S/C14H21FN2O3/c1-19-9-8-17-13(18)6-7-16-10-11-4-3-5-12(20-2)14(11)15/h3-5,16H,6-10H2,1-2H3,(H,17,18). The summed E-state index contributed by atoms with van der Waals surface area (Å²) in [6, 6.07) is 4.99. The number of ether oxygens (including phenoxy) is 2. The number of hydrogen-bond acceptors (Lipinski definition) is 4. The second-order valence-corrected chi connectivity index (χ2v) is 4.20. The number of halogens is 1. The van der Waals surface area contributed by atoms with Crippen molar-refractivity contribution >= 4 is 5.91 Å². The van der Waals surface area contributed by atoms with E-state index in [1.54, 1.807) is 25.3 Å². The van der Waals surface area contributed by atoms with E-state index < -0.39 is 0 Å². The van der Waals surface area contributed by atoms with E-state index in [0.717, 1.165) is 0 Å². The number of carbonyl (C=O) groups excluding carboxylic acids is 1. The van der Waals surface area contributed by atoms with Gasteiger partial charge in [-0.05, 0) is 6.07 Å². The maximum Gasteiger partial charge on any atom is 0.221 e. The average molecular weight is 284 g/mol. The number of amides is 1. The highest BCUT2D eigenvalue weighted by Crippen LogP contribution is 2.19. The summed E-state index contributed by atoms with van der Waals surface area (Å²) in [6.45, 7) is 1.83. The third-order valence-electron chi connectivity index (χ3n) is 2.74. The van der Waals surface area contributed by atoms with E-state index in [1.165, 1.54) is 7.11 Å². The van der Waals surface area contributed by atoms with Crippen LogP contribution in [0, 0.1) is 5.82 Å². The van der Waals surface area contributed by atoms with Crippen LogP contribution in [0.15, 0.2) is 18.2 Å². The third kappa shape index (κ3) is 5.54. The number of nitrogens with one attached hydrogen (secondary N) is 2. The van der Waals surface area contributed by atoms with Crippen LogP contribution in [0.5, 0.6) is 5.75 Å². The Morgan fingerprint density at radius 1 is 1.30 bits per heavy atom. The molecular formula is C14H21FN2O3. The van der Waals surface area contributed by atoms with Crippen LogP contribution in [0.25, 0.3) is 0 Å². The fourth-order valence-electron chi connectivity index (χ4n) is 1.66. The van der Waals surface area contributed by atoms with E-state index in [1.807, 2.05) is 0 Å². The first-order valence-corrected chi connectivity index (χ1v) is 6.46. The first kappa shape index (κ1) is 16.4. The van der Waals surface area contributed by atoms with Crippen molar-refractivity contribution in [3.8, 4) is 5.75 Å². The third-order valence-corrected chi connectivity index (χ3v) is 2.74. The fourth-order valence-corrected chi connectivity index (χ4v) is 1.66. The van der Waals surface area contributed by atoms with E-state index in [4.69, 9.17) is 9.47 Å². The zero-order valence-electron chi connectivity index (χ0n) is 11.9. The molecule has 0 aromatic heterocycles. The molecule has 1 rings (SSSR count). The molecule has 20 heavy (non-hydrogen) atoms. The second-order valence-electron chi connectivity index (χ2n) is 4.20. The van der Waals surface area contributed by atoms with E-state index in [-0.39, 0.29) is 17.5 Å². The number of hydrogen-bond donors (Lipinski definition) is 2. The Morgan fingerprint density at radius 3 is 2.80 bits per heavy atom. The fraction of sp³-hybridized carbons (Fsp3) is 0.500. The van der Waals surface area contributed by atoms with Crippen molar-refractivity contribution in [2.45, 2.75) is 13.0 Å². The molecular weight excluding hydrogens is 263 g/mol. The molecule has 0 saturated heterocycles. The number of carbonyl (C=O) groups is 1. The summed E-state index contributed by atoms with van der Waals surface area (Å²) in [6.07, 6.45) is 0.343. The van der Waals surface area contributed by atoms with Gasteiger partial charge in [0.15, 0.2) is 11.6 Å². The molecule has 0 radical (unpaired) electrons. The lowest BCUT2D eigenvalue weighted by Gasteiger charge is -2.09. The van der Waals surface area contributed by atoms with Crippen molar-refractivity contribution in [3.05, 3.63) is 29.6 Å². The Bertz CT molecular complexity index is 427. The molecule has 0 saturated carbocycles. The van der Waals surface area contributed by atoms with Gasteiger partial charge in [0, 0.05) is 38.7 Å². The van der Waals surface area contributed by atoms with Gasteiger partial charge in [0.1, 0.15) is 0 Å². The van der Waals surface area contributed by atoms with Crippen LogP contribution in [-0.4, -0.2) is 39.8 Å². The van der Waals surface area contributed by atoms with Gasteiger partial charge in [0.25, 0.3) is 0 Å². The Balaban J connectivity index is 2.26. The van der Waals surface area contributed by atoms with Gasteiger partial charge in [0.2, 0.25) is 5.91 Å². The first-order valence-electron chi connectivity index (χ1n) is 6.46. The summed E-state index contributed by atoms with van der Waals surface area (Å²) in [5, 5.41) is 5.74. The molecule has 0 heterocycles. The molecule has 0 atom stereocenters. The molecule has 2 N–H and O–H groups in total. The summed E-state index contributed by atoms with van der Waals surface area (Å²) in [4.78, 5) is 11.4. The topological polar surface area (TPSA) is 59.6 Å². The second kappa shape index (κ2) is 9.28. The van der Waals surface area contributed by atoms with Crippen molar-refractivity contribution < 1.29 is 18.7 Å². The number of methoxy groups -OCH3 is 2. The van der Waals surface area contributed by atoms with Crippen LogP contribution < -0.4 is 15.4 Å². The van der Waals surface area contributed by atoms with Gasteiger partial charge < -0.3 is 20.1 Å². The molecule has 5 nitrogen and oxygen atoms in total. The van der Waals surface area contributed by atoms with Gasteiger partial charge in [-0.25, -0.2) is 4.39 Å². The minimum atomic E-state index is -0.368. The Morgan fingerprint density at radius 2 is 2.10 bits per heavy atom. The van der Waals surface area contributed by atoms with Crippen LogP contribution in [-0.2, 0) is 16.1 Å². The van der Waals surface area contributed by atoms with Gasteiger partial charge in [-0.15, -0.1) is 0 Å². The van der Waals surface area contributed by atoms with Crippen molar-refractivity contribution in [2.24, 2.45) is 0 Å². The van der Waals surface area contributed by atoms with Crippen LogP contribution in [0.2, 0.25) is 0 Å². The molecule has 0 spiro atoms. The van der Waals surface area contributed by atoms with E-state index in [0.29, 0.717) is 38.2 Å². The van der Waals surface area contributed by atoms with Gasteiger partial charge >= 0.3 is 0 Å². The molecule has 1 aromatic carbocycles. The lowest BCUT2D eigenvalue weighted by molar-refractivity contribution is -0.121. The lowest BCUT2D eigenvalue weighted by atomic mass is 10.2. The maximum absolute atomic E-state index is 13.8. The molecule has 0 aliphatic heterocycles. The number of benzene rings is 1. The first-order chi connectivity index (χ1) is 9.69. The van der Waals surface area contributed by atoms with Crippen LogP contribution >= 0.6 is 0 Å². The smallest absolute Gasteiger partial charge is 0.221 e. The van der Waals surface area contributed by atoms with E-state index >= 15 is 0 Å². The maximum atomic E-state index is 13.8. The number of rotatable bonds is 9. The summed E-state index contributed by atoms with van der Waals surface area (Å²) in [5.41, 5.74) is 0.518. The molecule has 0 fully saturated rings. The molecule has 1 aromatic rings. The molecule has 0 bridgehead atoms. The quantitative estimate of drug-likeness (QED) is 0.666. The molecule has 6 heteroatoms. The zero-order valence-corrected chi connectivity index (χ0v) is 11.9. The summed E-state index contributed by atoms with van der Waals surface area (Å²) >= 11 is 0. The van der Waals surface area contributed by atoms with Crippen molar-refractivity contribution in [1.29, 1.82) is 0 Å². The summed E-state index contributed by atoms with van der Waals surface area (Å²) in [5.74, 6) is -0.200. The van der Waals surface area contributed by atoms with Crippen molar-refractivity contribution in [2.75, 3.05) is 33.9 Å². The normalized spacial score (nSPS) is 10.3. The average Bonchev–Trinajstić information content (AvgIpc) is 2.45. The zero-order chi connectivity index (χ0) is 14.8. The minimum Gasteiger partial charge on any atom is -0.494 e. The summed E-state index contributed by atoms with van der Waals surface area (Å²) < 4.78 is 23.5. The molecule has 0 aliphatic carbocycles. The van der Waals surface area contributed by atoms with Gasteiger partial charge in [-0.1, -0.05) is 12.1 Å². The monoisotopic (exact) mass is 284 g/mol. The Labute approximate surface area is 118 Å². The minimum absolute atomic E-state index is 0.0549.